The van der Waals surface area contributed by atoms with E-state index in [2.05, 4.69) is 0 Å². The summed E-state index contributed by atoms with van der Waals surface area (Å²) in [4.78, 5) is 0. The van der Waals surface area contributed by atoms with Crippen LogP contribution in [0.3, 0.4) is 0 Å². The number of hydrogen-bond acceptors (Lipinski definition) is 3. The molecule has 0 aliphatic carbocycles. The second kappa shape index (κ2) is 4.70. The molecule has 0 radical (unpaired) electrons. The Kier molecular flexibility index (Phi) is 3.29. The number of rotatable bonds is 2. The molecule has 1 N–H and O–H groups in total. The van der Waals surface area contributed by atoms with Gasteiger partial charge in [-0.1, -0.05) is 0 Å². The lowest BCUT2D eigenvalue weighted by Crippen LogP contribution is -2.06. The van der Waals surface area contributed by atoms with Crippen LogP contribution in [0.1, 0.15) is 18.9 Å². The molecular weight excluding hydrogens is 211 g/mol. The third kappa shape index (κ3) is 2.44. The summed E-state index contributed by atoms with van der Waals surface area (Å²) < 4.78 is 24.4. The molecule has 0 spiro atoms. The van der Waals surface area contributed by atoms with Crippen molar-refractivity contribution in [2.24, 2.45) is 0 Å². The van der Waals surface area contributed by atoms with Gasteiger partial charge >= 0.3 is 0 Å². The minimum absolute atomic E-state index is 0.280. The number of aliphatic hydroxyl groups excluding tert-OH is 1. The molecule has 0 fully saturated rings. The lowest BCUT2D eigenvalue weighted by Gasteiger charge is -2.11. The highest BCUT2D eigenvalue weighted by molar-refractivity contribution is 5.44. The van der Waals surface area contributed by atoms with Crippen molar-refractivity contribution < 1.29 is 19.0 Å². The molecule has 0 saturated heterocycles. The van der Waals surface area contributed by atoms with E-state index in [-0.39, 0.29) is 12.2 Å². The van der Waals surface area contributed by atoms with E-state index in [1.807, 2.05) is 0 Å². The molecule has 0 saturated carbocycles. The minimum atomic E-state index is -0.570. The van der Waals surface area contributed by atoms with E-state index in [0.717, 1.165) is 6.42 Å². The zero-order valence-electron chi connectivity index (χ0n) is 9.20. The van der Waals surface area contributed by atoms with E-state index in [1.165, 1.54) is 6.07 Å². The number of fused-ring (bicyclic) bond motifs is 1. The van der Waals surface area contributed by atoms with Crippen LogP contribution in [-0.4, -0.2) is 24.4 Å². The molecule has 0 bridgehead atoms. The summed E-state index contributed by atoms with van der Waals surface area (Å²) in [5, 5.41) is 9.25. The van der Waals surface area contributed by atoms with Crippen LogP contribution in [0.2, 0.25) is 0 Å². The summed E-state index contributed by atoms with van der Waals surface area (Å²) in [5.41, 5.74) is 0.458. The maximum atomic E-state index is 13.6. The molecular formula is C12H15FO3. The van der Waals surface area contributed by atoms with Crippen molar-refractivity contribution in [2.75, 3.05) is 13.2 Å². The number of aliphatic hydroxyl groups is 1. The molecule has 1 aromatic rings. The largest absolute Gasteiger partial charge is 0.490 e. The van der Waals surface area contributed by atoms with Gasteiger partial charge in [0.15, 0.2) is 11.5 Å². The fourth-order valence-corrected chi connectivity index (χ4v) is 1.70. The molecule has 0 amide bonds. The van der Waals surface area contributed by atoms with E-state index in [0.29, 0.717) is 30.3 Å². The van der Waals surface area contributed by atoms with Crippen molar-refractivity contribution in [1.29, 1.82) is 0 Å². The van der Waals surface area contributed by atoms with E-state index >= 15 is 0 Å². The third-order valence-corrected chi connectivity index (χ3v) is 2.43. The van der Waals surface area contributed by atoms with Gasteiger partial charge in [-0.2, -0.15) is 0 Å². The summed E-state index contributed by atoms with van der Waals surface area (Å²) in [6.45, 7) is 2.75. The highest BCUT2D eigenvalue weighted by Crippen LogP contribution is 2.32. The summed E-state index contributed by atoms with van der Waals surface area (Å²) >= 11 is 0. The molecule has 16 heavy (non-hydrogen) atoms. The lowest BCUT2D eigenvalue weighted by atomic mass is 10.1. The van der Waals surface area contributed by atoms with Gasteiger partial charge < -0.3 is 14.6 Å². The molecule has 2 rings (SSSR count). The van der Waals surface area contributed by atoms with E-state index in [9.17, 15) is 9.50 Å². The van der Waals surface area contributed by atoms with Crippen LogP contribution in [0.15, 0.2) is 12.1 Å². The second-order valence-corrected chi connectivity index (χ2v) is 3.99. The summed E-state index contributed by atoms with van der Waals surface area (Å²) in [6.07, 6.45) is 0.504. The SMILES string of the molecule is CC(O)Cc1cc2c(cc1F)OCCCO2. The first kappa shape index (κ1) is 11.2. The van der Waals surface area contributed by atoms with Crippen molar-refractivity contribution in [3.05, 3.63) is 23.5 Å². The van der Waals surface area contributed by atoms with Crippen LogP contribution >= 0.6 is 0 Å². The van der Waals surface area contributed by atoms with Gasteiger partial charge in [-0.05, 0) is 18.6 Å². The molecule has 0 aromatic heterocycles. The molecule has 1 aliphatic heterocycles. The Morgan fingerprint density at radius 3 is 2.56 bits per heavy atom. The molecule has 88 valence electrons. The summed E-state index contributed by atoms with van der Waals surface area (Å²) in [7, 11) is 0. The Balaban J connectivity index is 2.31. The average Bonchev–Trinajstić information content (AvgIpc) is 2.42. The predicted octanol–water partition coefficient (Wildman–Crippen LogP) is 1.91. The zero-order chi connectivity index (χ0) is 11.5. The van der Waals surface area contributed by atoms with Crippen molar-refractivity contribution in [3.63, 3.8) is 0 Å². The molecule has 1 aliphatic rings. The van der Waals surface area contributed by atoms with Gasteiger partial charge in [-0.25, -0.2) is 4.39 Å². The van der Waals surface area contributed by atoms with Crippen LogP contribution in [0.25, 0.3) is 0 Å². The highest BCUT2D eigenvalue weighted by Gasteiger charge is 2.15. The maximum Gasteiger partial charge on any atom is 0.164 e. The Morgan fingerprint density at radius 2 is 1.94 bits per heavy atom. The zero-order valence-corrected chi connectivity index (χ0v) is 9.20. The van der Waals surface area contributed by atoms with E-state index < -0.39 is 6.10 Å². The first-order valence-corrected chi connectivity index (χ1v) is 5.43. The van der Waals surface area contributed by atoms with Gasteiger partial charge in [0.1, 0.15) is 5.82 Å². The quantitative estimate of drug-likeness (QED) is 0.837. The standard InChI is InChI=1S/C12H15FO3/c1-8(14)5-9-6-11-12(7-10(9)13)16-4-2-3-15-11/h6-8,14H,2-5H2,1H3. The Hall–Kier alpha value is -1.29. The monoisotopic (exact) mass is 226 g/mol. The third-order valence-electron chi connectivity index (χ3n) is 2.43. The lowest BCUT2D eigenvalue weighted by molar-refractivity contribution is 0.194. The molecule has 1 aromatic carbocycles. The topological polar surface area (TPSA) is 38.7 Å². The molecule has 1 heterocycles. The van der Waals surface area contributed by atoms with Crippen molar-refractivity contribution in [1.82, 2.24) is 0 Å². The van der Waals surface area contributed by atoms with E-state index in [1.54, 1.807) is 13.0 Å². The summed E-state index contributed by atoms with van der Waals surface area (Å²) in [5.74, 6) is 0.657. The fourth-order valence-electron chi connectivity index (χ4n) is 1.70. The minimum Gasteiger partial charge on any atom is -0.490 e. The van der Waals surface area contributed by atoms with Crippen molar-refractivity contribution in [2.45, 2.75) is 25.9 Å². The Bertz CT molecular complexity index is 377. The number of ether oxygens (including phenoxy) is 2. The first-order valence-electron chi connectivity index (χ1n) is 5.43. The average molecular weight is 226 g/mol. The van der Waals surface area contributed by atoms with Gasteiger partial charge in [0.05, 0.1) is 19.3 Å². The Morgan fingerprint density at radius 1 is 1.31 bits per heavy atom. The van der Waals surface area contributed by atoms with Gasteiger partial charge in [-0.15, -0.1) is 0 Å². The Labute approximate surface area is 93.8 Å². The van der Waals surface area contributed by atoms with Crippen LogP contribution in [-0.2, 0) is 6.42 Å². The number of hydrogen-bond donors (Lipinski definition) is 1. The number of benzene rings is 1. The maximum absolute atomic E-state index is 13.6. The second-order valence-electron chi connectivity index (χ2n) is 3.99. The summed E-state index contributed by atoms with van der Waals surface area (Å²) in [6, 6.07) is 2.95. The molecule has 1 atom stereocenters. The normalized spacial score (nSPS) is 16.7. The van der Waals surface area contributed by atoms with Crippen LogP contribution < -0.4 is 9.47 Å². The molecule has 1 unspecified atom stereocenters. The van der Waals surface area contributed by atoms with Gasteiger partial charge in [0.25, 0.3) is 0 Å². The predicted molar refractivity (Wildman–Crippen MR) is 57.4 cm³/mol. The van der Waals surface area contributed by atoms with Gasteiger partial charge in [-0.3, -0.25) is 0 Å². The van der Waals surface area contributed by atoms with Crippen LogP contribution in [0.4, 0.5) is 4.39 Å². The van der Waals surface area contributed by atoms with Crippen molar-refractivity contribution >= 4 is 0 Å². The van der Waals surface area contributed by atoms with E-state index in [4.69, 9.17) is 9.47 Å². The highest BCUT2D eigenvalue weighted by atomic mass is 19.1. The first-order chi connectivity index (χ1) is 7.66. The van der Waals surface area contributed by atoms with Gasteiger partial charge in [0, 0.05) is 18.9 Å². The van der Waals surface area contributed by atoms with Crippen LogP contribution in [0.5, 0.6) is 11.5 Å². The fraction of sp³-hybridized carbons (Fsp3) is 0.500. The van der Waals surface area contributed by atoms with Gasteiger partial charge in [0.2, 0.25) is 0 Å². The molecule has 4 heteroatoms. The smallest absolute Gasteiger partial charge is 0.164 e. The van der Waals surface area contributed by atoms with Crippen LogP contribution in [0, 0.1) is 5.82 Å². The number of halogens is 1. The molecule has 3 nitrogen and oxygen atoms in total. The van der Waals surface area contributed by atoms with Crippen molar-refractivity contribution in [3.8, 4) is 11.5 Å².